The molecule has 1 aliphatic heterocycles. The fourth-order valence-electron chi connectivity index (χ4n) is 1.94. The zero-order valence-corrected chi connectivity index (χ0v) is 9.60. The summed E-state index contributed by atoms with van der Waals surface area (Å²) >= 11 is 0. The molecule has 0 bridgehead atoms. The molecule has 2 amide bonds. The third-order valence-electron chi connectivity index (χ3n) is 2.92. The van der Waals surface area contributed by atoms with Gasteiger partial charge in [0.2, 0.25) is 0 Å². The van der Waals surface area contributed by atoms with Crippen LogP contribution in [-0.2, 0) is 6.54 Å². The van der Waals surface area contributed by atoms with Crippen molar-refractivity contribution in [2.45, 2.75) is 6.54 Å². The number of anilines is 2. The first kappa shape index (κ1) is 10.6. The Hall–Kier alpha value is -2.56. The van der Waals surface area contributed by atoms with Crippen molar-refractivity contribution in [2.75, 3.05) is 11.1 Å². The third kappa shape index (κ3) is 1.86. The number of urea groups is 1. The van der Waals surface area contributed by atoms with Gasteiger partial charge in [0.25, 0.3) is 0 Å². The smallest absolute Gasteiger partial charge is 0.319 e. The summed E-state index contributed by atoms with van der Waals surface area (Å²) in [5.41, 5.74) is 9.44. The monoisotopic (exact) mass is 240 g/mol. The molecule has 0 unspecified atom stereocenters. The van der Waals surface area contributed by atoms with Gasteiger partial charge in [-0.15, -0.1) is 0 Å². The summed E-state index contributed by atoms with van der Waals surface area (Å²) in [4.78, 5) is 15.3. The number of pyridine rings is 1. The molecule has 90 valence electrons. The van der Waals surface area contributed by atoms with Crippen LogP contribution in [0, 0.1) is 0 Å². The van der Waals surface area contributed by atoms with Crippen molar-refractivity contribution in [3.63, 3.8) is 0 Å². The van der Waals surface area contributed by atoms with E-state index in [0.29, 0.717) is 12.4 Å². The second kappa shape index (κ2) is 4.03. The summed E-state index contributed by atoms with van der Waals surface area (Å²) in [6, 6.07) is 9.44. The highest BCUT2D eigenvalue weighted by atomic mass is 16.2. The maximum absolute atomic E-state index is 11.3. The van der Waals surface area contributed by atoms with Gasteiger partial charge in [-0.05, 0) is 29.3 Å². The molecule has 5 heteroatoms. The summed E-state index contributed by atoms with van der Waals surface area (Å²) in [6.45, 7) is 0.557. The lowest BCUT2D eigenvalue weighted by Gasteiger charge is -2.19. The average Bonchev–Trinajstić information content (AvgIpc) is 2.38. The number of fused-ring (bicyclic) bond motifs is 1. The van der Waals surface area contributed by atoms with E-state index in [-0.39, 0.29) is 6.03 Å². The lowest BCUT2D eigenvalue weighted by molar-refractivity contribution is 0.251. The highest BCUT2D eigenvalue weighted by Gasteiger charge is 2.14. The molecule has 5 nitrogen and oxygen atoms in total. The maximum atomic E-state index is 11.3. The van der Waals surface area contributed by atoms with E-state index in [2.05, 4.69) is 15.6 Å². The van der Waals surface area contributed by atoms with Crippen molar-refractivity contribution in [3.05, 3.63) is 42.1 Å². The predicted molar refractivity (Wildman–Crippen MR) is 69.9 cm³/mol. The maximum Gasteiger partial charge on any atom is 0.319 e. The zero-order valence-electron chi connectivity index (χ0n) is 9.60. The minimum Gasteiger partial charge on any atom is -0.384 e. The number of hydrogen-bond acceptors (Lipinski definition) is 3. The van der Waals surface area contributed by atoms with Crippen LogP contribution in [0.25, 0.3) is 11.1 Å². The Morgan fingerprint density at radius 1 is 1.17 bits per heavy atom. The fourth-order valence-corrected chi connectivity index (χ4v) is 1.94. The summed E-state index contributed by atoms with van der Waals surface area (Å²) in [6.07, 6.45) is 1.72. The van der Waals surface area contributed by atoms with Gasteiger partial charge in [-0.25, -0.2) is 9.78 Å². The normalized spacial score (nSPS) is 13.4. The first-order chi connectivity index (χ1) is 8.72. The predicted octanol–water partition coefficient (Wildman–Crippen LogP) is 1.97. The highest BCUT2D eigenvalue weighted by molar-refractivity contribution is 5.93. The molecule has 2 aromatic rings. The van der Waals surface area contributed by atoms with Crippen LogP contribution in [0.4, 0.5) is 16.3 Å². The van der Waals surface area contributed by atoms with Crippen LogP contribution in [0.1, 0.15) is 5.56 Å². The summed E-state index contributed by atoms with van der Waals surface area (Å²) in [5, 5.41) is 5.51. The Labute approximate surface area is 104 Å². The molecule has 1 aliphatic rings. The number of nitrogens with zero attached hydrogens (tertiary/aromatic N) is 1. The quantitative estimate of drug-likeness (QED) is 0.712. The molecule has 1 aromatic heterocycles. The van der Waals surface area contributed by atoms with Crippen molar-refractivity contribution in [3.8, 4) is 11.1 Å². The molecule has 4 N–H and O–H groups in total. The number of aromatic nitrogens is 1. The van der Waals surface area contributed by atoms with E-state index in [0.717, 1.165) is 22.4 Å². The first-order valence-electron chi connectivity index (χ1n) is 5.62. The number of carbonyl (C=O) groups excluding carboxylic acids is 1. The Kier molecular flexibility index (Phi) is 2.37. The van der Waals surface area contributed by atoms with E-state index in [4.69, 9.17) is 5.73 Å². The van der Waals surface area contributed by atoms with Crippen LogP contribution in [0.3, 0.4) is 0 Å². The third-order valence-corrected chi connectivity index (χ3v) is 2.92. The standard InChI is InChI=1S/C13H12N4O/c14-12-4-3-9(6-15-12)8-1-2-10-7-16-13(18)17-11(10)5-8/h1-6H,7H2,(H2,14,15)(H2,16,17,18). The van der Waals surface area contributed by atoms with E-state index in [9.17, 15) is 4.79 Å². The Balaban J connectivity index is 2.01. The van der Waals surface area contributed by atoms with Gasteiger partial charge in [-0.2, -0.15) is 0 Å². The molecule has 3 rings (SSSR count). The van der Waals surface area contributed by atoms with Crippen LogP contribution in [-0.4, -0.2) is 11.0 Å². The van der Waals surface area contributed by atoms with Gasteiger partial charge in [0.05, 0.1) is 0 Å². The van der Waals surface area contributed by atoms with Gasteiger partial charge >= 0.3 is 6.03 Å². The summed E-state index contributed by atoms with van der Waals surface area (Å²) in [7, 11) is 0. The molecule has 18 heavy (non-hydrogen) atoms. The molecule has 2 heterocycles. The van der Waals surface area contributed by atoms with Crippen LogP contribution in [0.15, 0.2) is 36.5 Å². The van der Waals surface area contributed by atoms with Gasteiger partial charge < -0.3 is 16.4 Å². The molecule has 1 aromatic carbocycles. The van der Waals surface area contributed by atoms with Crippen molar-refractivity contribution < 1.29 is 4.79 Å². The van der Waals surface area contributed by atoms with E-state index >= 15 is 0 Å². The Morgan fingerprint density at radius 3 is 2.78 bits per heavy atom. The van der Waals surface area contributed by atoms with Crippen molar-refractivity contribution >= 4 is 17.5 Å². The number of carbonyl (C=O) groups is 1. The number of nitrogens with two attached hydrogens (primary N) is 1. The van der Waals surface area contributed by atoms with Crippen LogP contribution < -0.4 is 16.4 Å². The Morgan fingerprint density at radius 2 is 2.00 bits per heavy atom. The number of nitrogens with one attached hydrogen (secondary N) is 2. The van der Waals surface area contributed by atoms with Gasteiger partial charge in [0.1, 0.15) is 5.82 Å². The van der Waals surface area contributed by atoms with Gasteiger partial charge in [0.15, 0.2) is 0 Å². The van der Waals surface area contributed by atoms with Crippen molar-refractivity contribution in [1.29, 1.82) is 0 Å². The molecule has 0 fully saturated rings. The number of rotatable bonds is 1. The average molecular weight is 240 g/mol. The Bertz CT molecular complexity index is 607. The molecule has 0 radical (unpaired) electrons. The molecule has 0 saturated carbocycles. The van der Waals surface area contributed by atoms with Crippen molar-refractivity contribution in [1.82, 2.24) is 10.3 Å². The highest BCUT2D eigenvalue weighted by Crippen LogP contribution is 2.27. The van der Waals surface area contributed by atoms with Crippen LogP contribution in [0.2, 0.25) is 0 Å². The minimum absolute atomic E-state index is 0.171. The van der Waals surface area contributed by atoms with E-state index < -0.39 is 0 Å². The SMILES string of the molecule is Nc1ccc(-c2ccc3c(c2)NC(=O)NC3)cn1. The molecule has 0 atom stereocenters. The fraction of sp³-hybridized carbons (Fsp3) is 0.0769. The van der Waals surface area contributed by atoms with Gasteiger partial charge in [-0.1, -0.05) is 12.1 Å². The number of hydrogen-bond donors (Lipinski definition) is 3. The van der Waals surface area contributed by atoms with Crippen LogP contribution in [0.5, 0.6) is 0 Å². The molecule has 0 saturated heterocycles. The number of nitrogen functional groups attached to an aromatic ring is 1. The van der Waals surface area contributed by atoms with Gasteiger partial charge in [0, 0.05) is 24.0 Å². The lowest BCUT2D eigenvalue weighted by atomic mass is 10.0. The first-order valence-corrected chi connectivity index (χ1v) is 5.62. The molecule has 0 aliphatic carbocycles. The summed E-state index contributed by atoms with van der Waals surface area (Å²) < 4.78 is 0. The zero-order chi connectivity index (χ0) is 12.5. The summed E-state index contributed by atoms with van der Waals surface area (Å²) in [5.74, 6) is 0.495. The minimum atomic E-state index is -0.171. The molecule has 0 spiro atoms. The second-order valence-corrected chi connectivity index (χ2v) is 4.15. The van der Waals surface area contributed by atoms with Crippen LogP contribution >= 0.6 is 0 Å². The van der Waals surface area contributed by atoms with E-state index in [1.54, 1.807) is 12.3 Å². The van der Waals surface area contributed by atoms with Crippen molar-refractivity contribution in [2.24, 2.45) is 0 Å². The van der Waals surface area contributed by atoms with E-state index in [1.165, 1.54) is 0 Å². The molecular formula is C13H12N4O. The lowest BCUT2D eigenvalue weighted by Crippen LogP contribution is -2.33. The van der Waals surface area contributed by atoms with E-state index in [1.807, 2.05) is 24.3 Å². The number of benzene rings is 1. The second-order valence-electron chi connectivity index (χ2n) is 4.15. The van der Waals surface area contributed by atoms with Gasteiger partial charge in [-0.3, -0.25) is 0 Å². The number of amides is 2. The topological polar surface area (TPSA) is 80.0 Å². The molecular weight excluding hydrogens is 228 g/mol. The largest absolute Gasteiger partial charge is 0.384 e.